The third kappa shape index (κ3) is 0.866. The normalized spacial score (nSPS) is 33.8. The van der Waals surface area contributed by atoms with Crippen molar-refractivity contribution in [3.8, 4) is 0 Å². The van der Waals surface area contributed by atoms with E-state index in [-0.39, 0.29) is 0 Å². The molecule has 1 saturated carbocycles. The van der Waals surface area contributed by atoms with Crippen molar-refractivity contribution in [2.24, 2.45) is 16.6 Å². The summed E-state index contributed by atoms with van der Waals surface area (Å²) in [4.78, 5) is 4.12. The van der Waals surface area contributed by atoms with Gasteiger partial charge in [0.1, 0.15) is 6.61 Å². The molecule has 3 nitrogen and oxygen atoms in total. The average molecular weight is 126 g/mol. The molecule has 2 aliphatic rings. The van der Waals surface area contributed by atoms with E-state index in [9.17, 15) is 0 Å². The zero-order valence-electron chi connectivity index (χ0n) is 5.21. The van der Waals surface area contributed by atoms with Gasteiger partial charge in [-0.2, -0.15) is 0 Å². The third-order valence-electron chi connectivity index (χ3n) is 1.86. The molecule has 50 valence electrons. The van der Waals surface area contributed by atoms with Crippen LogP contribution in [0.2, 0.25) is 0 Å². The Labute approximate surface area is 53.9 Å². The monoisotopic (exact) mass is 126 g/mol. The highest BCUT2D eigenvalue weighted by molar-refractivity contribution is 5.73. The van der Waals surface area contributed by atoms with Crippen LogP contribution in [0.15, 0.2) is 4.99 Å². The quantitative estimate of drug-likeness (QED) is 0.542. The van der Waals surface area contributed by atoms with Gasteiger partial charge >= 0.3 is 0 Å². The van der Waals surface area contributed by atoms with Crippen molar-refractivity contribution in [1.82, 2.24) is 0 Å². The number of rotatable bonds is 1. The predicted octanol–water partition coefficient (Wildman–Crippen LogP) is 0.110. The lowest BCUT2D eigenvalue weighted by Crippen LogP contribution is -2.10. The number of hydrogen-bond acceptors (Lipinski definition) is 3. The molecule has 0 bridgehead atoms. The van der Waals surface area contributed by atoms with E-state index in [1.165, 1.54) is 12.8 Å². The fourth-order valence-electron chi connectivity index (χ4n) is 1.13. The number of aliphatic imine (C=N–C) groups is 1. The summed E-state index contributed by atoms with van der Waals surface area (Å²) in [6, 6.07) is 0.775. The zero-order chi connectivity index (χ0) is 6.27. The number of hydrogen-bond donors (Lipinski definition) is 1. The number of nitrogens with two attached hydrogens (primary N) is 1. The molecule has 1 aliphatic heterocycles. The molecular formula is C6H10N2O. The molecule has 0 spiro atoms. The zero-order valence-corrected chi connectivity index (χ0v) is 5.21. The summed E-state index contributed by atoms with van der Waals surface area (Å²) in [6.07, 6.45) is 2.62. The minimum atomic E-state index is 0.381. The van der Waals surface area contributed by atoms with Crippen LogP contribution in [0.1, 0.15) is 12.8 Å². The van der Waals surface area contributed by atoms with Gasteiger partial charge in [-0.25, -0.2) is 4.99 Å². The van der Waals surface area contributed by atoms with Gasteiger partial charge < -0.3 is 10.5 Å². The summed E-state index contributed by atoms with van der Waals surface area (Å²) in [5.74, 6) is 0.783. The second kappa shape index (κ2) is 1.62. The lowest BCUT2D eigenvalue weighted by atomic mass is 10.2. The van der Waals surface area contributed by atoms with E-state index in [2.05, 4.69) is 4.99 Å². The first-order valence-corrected chi connectivity index (χ1v) is 3.32. The van der Waals surface area contributed by atoms with Gasteiger partial charge in [-0.3, -0.25) is 0 Å². The lowest BCUT2D eigenvalue weighted by molar-refractivity contribution is 0.303. The molecule has 0 aromatic heterocycles. The molecule has 1 atom stereocenters. The summed E-state index contributed by atoms with van der Waals surface area (Å²) in [7, 11) is 0. The smallest absolute Gasteiger partial charge is 0.282 e. The summed E-state index contributed by atoms with van der Waals surface area (Å²) < 4.78 is 4.99. The van der Waals surface area contributed by atoms with Crippen molar-refractivity contribution in [2.45, 2.75) is 18.9 Å². The first-order chi connectivity index (χ1) is 4.36. The molecule has 0 aromatic rings. The molecule has 0 aromatic carbocycles. The van der Waals surface area contributed by atoms with Crippen molar-refractivity contribution in [3.63, 3.8) is 0 Å². The molecule has 1 aliphatic carbocycles. The predicted molar refractivity (Wildman–Crippen MR) is 34.1 cm³/mol. The molecule has 2 rings (SSSR count). The Morgan fingerprint density at radius 2 is 2.33 bits per heavy atom. The molecule has 0 radical (unpaired) electrons. The minimum Gasteiger partial charge on any atom is -0.463 e. The average Bonchev–Trinajstić information content (AvgIpc) is 2.58. The summed E-state index contributed by atoms with van der Waals surface area (Å²) in [5, 5.41) is 0. The second-order valence-corrected chi connectivity index (χ2v) is 2.68. The van der Waals surface area contributed by atoms with Gasteiger partial charge in [-0.15, -0.1) is 0 Å². The van der Waals surface area contributed by atoms with E-state index in [4.69, 9.17) is 10.5 Å². The van der Waals surface area contributed by atoms with E-state index in [1.54, 1.807) is 0 Å². The first kappa shape index (κ1) is 5.09. The summed E-state index contributed by atoms with van der Waals surface area (Å²) >= 11 is 0. The number of amidine groups is 1. The van der Waals surface area contributed by atoms with E-state index in [0.29, 0.717) is 12.1 Å². The van der Waals surface area contributed by atoms with Gasteiger partial charge in [-0.1, -0.05) is 0 Å². The fourth-order valence-corrected chi connectivity index (χ4v) is 1.13. The largest absolute Gasteiger partial charge is 0.463 e. The van der Waals surface area contributed by atoms with Crippen LogP contribution < -0.4 is 5.73 Å². The topological polar surface area (TPSA) is 47.6 Å². The third-order valence-corrected chi connectivity index (χ3v) is 1.86. The second-order valence-electron chi connectivity index (χ2n) is 2.68. The van der Waals surface area contributed by atoms with Crippen LogP contribution in [0, 0.1) is 5.92 Å². The number of ether oxygens (including phenoxy) is 1. The van der Waals surface area contributed by atoms with E-state index in [0.717, 1.165) is 12.5 Å². The number of nitrogens with zero attached hydrogens (tertiary/aromatic N) is 1. The van der Waals surface area contributed by atoms with Crippen LogP contribution in [0.5, 0.6) is 0 Å². The van der Waals surface area contributed by atoms with Gasteiger partial charge in [0.05, 0.1) is 6.04 Å². The Balaban J connectivity index is 1.99. The molecule has 2 N–H and O–H groups in total. The Hall–Kier alpha value is -0.730. The molecule has 3 heteroatoms. The Bertz CT molecular complexity index is 151. The minimum absolute atomic E-state index is 0.381. The van der Waals surface area contributed by atoms with Gasteiger partial charge in [-0.05, 0) is 18.8 Å². The van der Waals surface area contributed by atoms with Crippen molar-refractivity contribution < 1.29 is 4.74 Å². The van der Waals surface area contributed by atoms with Crippen LogP contribution in [0.4, 0.5) is 0 Å². The van der Waals surface area contributed by atoms with Crippen molar-refractivity contribution >= 4 is 6.02 Å². The highest BCUT2D eigenvalue weighted by Crippen LogP contribution is 2.35. The van der Waals surface area contributed by atoms with E-state index < -0.39 is 0 Å². The molecule has 0 saturated heterocycles. The van der Waals surface area contributed by atoms with Crippen molar-refractivity contribution in [2.75, 3.05) is 6.61 Å². The molecular weight excluding hydrogens is 116 g/mol. The molecule has 0 unspecified atom stereocenters. The summed E-state index contributed by atoms with van der Waals surface area (Å²) in [5.41, 5.74) is 5.32. The van der Waals surface area contributed by atoms with Crippen molar-refractivity contribution in [1.29, 1.82) is 0 Å². The SMILES string of the molecule is NC1=N[C@H](C2CC2)CO1. The maximum atomic E-state index is 5.32. The van der Waals surface area contributed by atoms with Gasteiger partial charge in [0.15, 0.2) is 0 Å². The Morgan fingerprint density at radius 3 is 2.78 bits per heavy atom. The first-order valence-electron chi connectivity index (χ1n) is 3.32. The highest BCUT2D eigenvalue weighted by atomic mass is 16.5. The van der Waals surface area contributed by atoms with E-state index in [1.807, 2.05) is 0 Å². The van der Waals surface area contributed by atoms with Crippen molar-refractivity contribution in [3.05, 3.63) is 0 Å². The molecule has 1 fully saturated rings. The molecule has 0 amide bonds. The van der Waals surface area contributed by atoms with Crippen LogP contribution in [-0.4, -0.2) is 18.7 Å². The van der Waals surface area contributed by atoms with Gasteiger partial charge in [0.25, 0.3) is 6.02 Å². The summed E-state index contributed by atoms with van der Waals surface area (Å²) in [6.45, 7) is 0.719. The lowest BCUT2D eigenvalue weighted by Gasteiger charge is -1.97. The Kier molecular flexibility index (Phi) is 0.917. The molecule has 9 heavy (non-hydrogen) atoms. The standard InChI is InChI=1S/C6H10N2O/c7-6-8-5(3-9-6)4-1-2-4/h4-5H,1-3H2,(H2,7,8)/t5-/m0/s1. The van der Waals surface area contributed by atoms with Crippen LogP contribution in [0.3, 0.4) is 0 Å². The van der Waals surface area contributed by atoms with Crippen LogP contribution >= 0.6 is 0 Å². The van der Waals surface area contributed by atoms with Crippen LogP contribution in [0.25, 0.3) is 0 Å². The maximum absolute atomic E-state index is 5.32. The molecule has 1 heterocycles. The van der Waals surface area contributed by atoms with Crippen LogP contribution in [-0.2, 0) is 4.74 Å². The van der Waals surface area contributed by atoms with Gasteiger partial charge in [0, 0.05) is 0 Å². The van der Waals surface area contributed by atoms with Gasteiger partial charge in [0.2, 0.25) is 0 Å². The maximum Gasteiger partial charge on any atom is 0.282 e. The fraction of sp³-hybridized carbons (Fsp3) is 0.833. The Morgan fingerprint density at radius 1 is 1.56 bits per heavy atom. The van der Waals surface area contributed by atoms with E-state index >= 15 is 0 Å². The highest BCUT2D eigenvalue weighted by Gasteiger charge is 2.34.